The van der Waals surface area contributed by atoms with Crippen LogP contribution >= 0.6 is 0 Å². The van der Waals surface area contributed by atoms with Crippen molar-refractivity contribution < 1.29 is 9.18 Å². The van der Waals surface area contributed by atoms with E-state index in [1.54, 1.807) is 44.6 Å². The number of H-pyrrole nitrogens is 2. The van der Waals surface area contributed by atoms with Crippen LogP contribution in [0.1, 0.15) is 13.8 Å². The van der Waals surface area contributed by atoms with Gasteiger partial charge in [0.05, 0.1) is 28.5 Å². The highest BCUT2D eigenvalue weighted by atomic mass is 19.1. The summed E-state index contributed by atoms with van der Waals surface area (Å²) in [6.45, 7) is 3.58. The first kappa shape index (κ1) is 22.4. The molecule has 6 aromatic heterocycles. The largest absolute Gasteiger partial charge is 0.336 e. The highest BCUT2D eigenvalue weighted by molar-refractivity contribution is 5.97. The molecule has 10 nitrogen and oxygen atoms in total. The summed E-state index contributed by atoms with van der Waals surface area (Å²) >= 11 is 0. The van der Waals surface area contributed by atoms with Gasteiger partial charge in [0.25, 0.3) is 0 Å². The zero-order valence-electron chi connectivity index (χ0n) is 19.8. The van der Waals surface area contributed by atoms with E-state index in [1.165, 1.54) is 18.6 Å². The molecule has 0 aliphatic rings. The van der Waals surface area contributed by atoms with Crippen molar-refractivity contribution in [2.45, 2.75) is 13.8 Å². The predicted molar refractivity (Wildman–Crippen MR) is 137 cm³/mol. The van der Waals surface area contributed by atoms with Gasteiger partial charge >= 0.3 is 0 Å². The first-order valence-electron chi connectivity index (χ1n) is 11.5. The van der Waals surface area contributed by atoms with E-state index in [4.69, 9.17) is 4.98 Å². The average Bonchev–Trinajstić information content (AvgIpc) is 3.54. The van der Waals surface area contributed by atoms with Gasteiger partial charge in [-0.25, -0.2) is 14.4 Å². The third-order valence-electron chi connectivity index (χ3n) is 5.95. The maximum absolute atomic E-state index is 16.0. The second-order valence-corrected chi connectivity index (χ2v) is 8.76. The molecule has 0 saturated carbocycles. The number of fused-ring (bicyclic) bond motifs is 2. The molecule has 11 heteroatoms. The summed E-state index contributed by atoms with van der Waals surface area (Å²) in [4.78, 5) is 37.1. The van der Waals surface area contributed by atoms with Gasteiger partial charge in [0, 0.05) is 53.6 Å². The fourth-order valence-corrected chi connectivity index (χ4v) is 4.04. The smallest absolute Gasteiger partial charge is 0.226 e. The lowest BCUT2D eigenvalue weighted by Crippen LogP contribution is -2.17. The number of halogens is 1. The SMILES string of the molecule is CC(C)C(=O)Nc1cncc(-c2cnc3[nH]nc(-c4nc5c(-c6ccncc6)nccc5[nH]4)c3c2F)c1. The lowest BCUT2D eigenvalue weighted by atomic mass is 10.1. The molecule has 6 heterocycles. The zero-order chi connectivity index (χ0) is 25.5. The Balaban J connectivity index is 1.45. The Bertz CT molecular complexity index is 1780. The quantitative estimate of drug-likeness (QED) is 0.315. The minimum Gasteiger partial charge on any atom is -0.336 e. The van der Waals surface area contributed by atoms with Crippen LogP contribution in [0, 0.1) is 11.7 Å². The third kappa shape index (κ3) is 3.96. The van der Waals surface area contributed by atoms with E-state index in [0.717, 1.165) is 11.1 Å². The standard InChI is InChI=1S/C26H20FN9O/c1-13(2)26(37)32-16-9-15(10-29-11-16)17-12-31-24-19(20(17)27)23(35-36-24)25-33-18-5-8-30-21(22(18)34-25)14-3-6-28-7-4-14/h3-13H,1-2H3,(H,32,37)(H,33,34)(H,31,35,36). The van der Waals surface area contributed by atoms with Crippen molar-refractivity contribution in [1.29, 1.82) is 0 Å². The van der Waals surface area contributed by atoms with E-state index >= 15 is 4.39 Å². The number of aromatic nitrogens is 8. The fraction of sp³-hybridized carbons (Fsp3) is 0.115. The van der Waals surface area contributed by atoms with Gasteiger partial charge in [-0.1, -0.05) is 13.8 Å². The Morgan fingerprint density at radius 1 is 0.973 bits per heavy atom. The van der Waals surface area contributed by atoms with Crippen molar-refractivity contribution in [3.8, 4) is 33.9 Å². The van der Waals surface area contributed by atoms with Gasteiger partial charge in [-0.3, -0.25) is 24.8 Å². The lowest BCUT2D eigenvalue weighted by Gasteiger charge is -2.09. The van der Waals surface area contributed by atoms with Crippen LogP contribution in [0.2, 0.25) is 0 Å². The normalized spacial score (nSPS) is 11.5. The van der Waals surface area contributed by atoms with E-state index in [-0.39, 0.29) is 34.1 Å². The number of imidazole rings is 1. The van der Waals surface area contributed by atoms with E-state index < -0.39 is 5.82 Å². The molecule has 0 atom stereocenters. The molecular weight excluding hydrogens is 473 g/mol. The first-order chi connectivity index (χ1) is 18.0. The molecule has 1 amide bonds. The Hall–Kier alpha value is -5.06. The maximum Gasteiger partial charge on any atom is 0.226 e. The van der Waals surface area contributed by atoms with Crippen molar-refractivity contribution in [2.24, 2.45) is 5.92 Å². The predicted octanol–water partition coefficient (Wildman–Crippen LogP) is 4.75. The van der Waals surface area contributed by atoms with Crippen LogP contribution in [0.25, 0.3) is 56.0 Å². The second-order valence-electron chi connectivity index (χ2n) is 8.76. The minimum atomic E-state index is -0.532. The molecule has 182 valence electrons. The van der Waals surface area contributed by atoms with Gasteiger partial charge in [0.1, 0.15) is 17.0 Å². The van der Waals surface area contributed by atoms with E-state index in [9.17, 15) is 4.79 Å². The van der Waals surface area contributed by atoms with Gasteiger partial charge in [-0.15, -0.1) is 0 Å². The highest BCUT2D eigenvalue weighted by Gasteiger charge is 2.21. The van der Waals surface area contributed by atoms with Gasteiger partial charge in [0.2, 0.25) is 5.91 Å². The molecule has 0 saturated heterocycles. The van der Waals surface area contributed by atoms with Gasteiger partial charge in [-0.05, 0) is 24.3 Å². The molecule has 0 fully saturated rings. The van der Waals surface area contributed by atoms with E-state index in [1.807, 2.05) is 12.1 Å². The molecule has 0 unspecified atom stereocenters. The number of hydrogen-bond acceptors (Lipinski definition) is 7. The lowest BCUT2D eigenvalue weighted by molar-refractivity contribution is -0.118. The van der Waals surface area contributed by atoms with Crippen LogP contribution in [-0.2, 0) is 4.79 Å². The van der Waals surface area contributed by atoms with E-state index in [0.29, 0.717) is 28.3 Å². The molecule has 0 spiro atoms. The van der Waals surface area contributed by atoms with Crippen molar-refractivity contribution >= 4 is 33.7 Å². The molecule has 3 N–H and O–H groups in total. The number of carbonyl (C=O) groups is 1. The summed E-state index contributed by atoms with van der Waals surface area (Å²) in [5.41, 5.74) is 4.62. The van der Waals surface area contributed by atoms with Crippen molar-refractivity contribution in [1.82, 2.24) is 40.1 Å². The second kappa shape index (κ2) is 8.86. The molecule has 0 bridgehead atoms. The number of nitrogens with one attached hydrogen (secondary N) is 3. The Morgan fingerprint density at radius 3 is 2.62 bits per heavy atom. The molecule has 0 aliphatic heterocycles. The summed E-state index contributed by atoms with van der Waals surface area (Å²) in [6, 6.07) is 7.16. The third-order valence-corrected chi connectivity index (χ3v) is 5.95. The maximum atomic E-state index is 16.0. The molecule has 37 heavy (non-hydrogen) atoms. The Kier molecular flexibility index (Phi) is 5.37. The minimum absolute atomic E-state index is 0.157. The van der Waals surface area contributed by atoms with Crippen LogP contribution in [0.15, 0.2) is 61.4 Å². The van der Waals surface area contributed by atoms with Crippen molar-refractivity contribution in [2.75, 3.05) is 5.32 Å². The van der Waals surface area contributed by atoms with Crippen LogP contribution in [0.3, 0.4) is 0 Å². The van der Waals surface area contributed by atoms with Crippen LogP contribution in [0.4, 0.5) is 10.1 Å². The monoisotopic (exact) mass is 493 g/mol. The molecule has 0 radical (unpaired) electrons. The highest BCUT2D eigenvalue weighted by Crippen LogP contribution is 2.34. The van der Waals surface area contributed by atoms with E-state index in [2.05, 4.69) is 40.4 Å². The summed E-state index contributed by atoms with van der Waals surface area (Å²) in [7, 11) is 0. The number of amides is 1. The van der Waals surface area contributed by atoms with Gasteiger partial charge < -0.3 is 10.3 Å². The molecule has 0 aromatic carbocycles. The molecule has 6 aromatic rings. The molecular formula is C26H20FN9O. The summed E-state index contributed by atoms with van der Waals surface area (Å²) < 4.78 is 16.0. The summed E-state index contributed by atoms with van der Waals surface area (Å²) in [5, 5.41) is 10.1. The van der Waals surface area contributed by atoms with Gasteiger partial charge in [0.15, 0.2) is 11.5 Å². The summed E-state index contributed by atoms with van der Waals surface area (Å²) in [6.07, 6.45) is 9.50. The number of carbonyl (C=O) groups excluding carboxylic acids is 1. The number of pyridine rings is 4. The Labute approximate surface area is 209 Å². The number of rotatable bonds is 5. The van der Waals surface area contributed by atoms with Crippen LogP contribution < -0.4 is 5.32 Å². The zero-order valence-corrected chi connectivity index (χ0v) is 19.8. The first-order valence-corrected chi connectivity index (χ1v) is 11.5. The fourth-order valence-electron chi connectivity index (χ4n) is 4.04. The van der Waals surface area contributed by atoms with Crippen LogP contribution in [-0.4, -0.2) is 46.0 Å². The van der Waals surface area contributed by atoms with Crippen molar-refractivity contribution in [3.05, 3.63) is 67.3 Å². The van der Waals surface area contributed by atoms with Crippen LogP contribution in [0.5, 0.6) is 0 Å². The number of anilines is 1. The Morgan fingerprint density at radius 2 is 1.81 bits per heavy atom. The number of hydrogen-bond donors (Lipinski definition) is 3. The topological polar surface area (TPSA) is 138 Å². The molecule has 6 rings (SSSR count). The average molecular weight is 494 g/mol. The van der Waals surface area contributed by atoms with Crippen molar-refractivity contribution in [3.63, 3.8) is 0 Å². The number of nitrogens with zero attached hydrogens (tertiary/aromatic N) is 6. The van der Waals surface area contributed by atoms with Gasteiger partial charge in [-0.2, -0.15) is 5.10 Å². The molecule has 0 aliphatic carbocycles. The summed E-state index contributed by atoms with van der Waals surface area (Å²) in [5.74, 6) is -0.519. The number of aromatic amines is 2.